The van der Waals surface area contributed by atoms with Crippen molar-refractivity contribution < 1.29 is 0 Å². The second kappa shape index (κ2) is 4.34. The lowest BCUT2D eigenvalue weighted by molar-refractivity contribution is 0.714. The first-order valence-corrected chi connectivity index (χ1v) is 6.16. The van der Waals surface area contributed by atoms with E-state index in [2.05, 4.69) is 42.3 Å². The lowest BCUT2D eigenvalue weighted by Gasteiger charge is -2.08. The minimum Gasteiger partial charge on any atom is -0.324 e. The Balaban J connectivity index is 2.42. The summed E-state index contributed by atoms with van der Waals surface area (Å²) in [5, 5.41) is 3.46. The van der Waals surface area contributed by atoms with E-state index in [0.29, 0.717) is 0 Å². The van der Waals surface area contributed by atoms with Gasteiger partial charge >= 0.3 is 0 Å². The van der Waals surface area contributed by atoms with Crippen LogP contribution in [0.15, 0.2) is 29.6 Å². The molecule has 2 aromatic rings. The highest BCUT2D eigenvalue weighted by atomic mass is 32.1. The fourth-order valence-electron chi connectivity index (χ4n) is 1.58. The molecule has 0 bridgehead atoms. The Labute approximate surface area is 93.3 Å². The molecule has 14 heavy (non-hydrogen) atoms. The molecule has 2 rings (SSSR count). The maximum Gasteiger partial charge on any atom is 0.0346 e. The lowest BCUT2D eigenvalue weighted by atomic mass is 10.0. The number of hydrogen-bond acceptors (Lipinski definition) is 3. The zero-order chi connectivity index (χ0) is 9.97. The topological polar surface area (TPSA) is 26.0 Å². The minimum absolute atomic E-state index is 0.128. The molecule has 1 nitrogen and oxygen atoms in total. The van der Waals surface area contributed by atoms with Crippen molar-refractivity contribution in [3.8, 4) is 0 Å². The standard InChI is InChI=1S/C11H13NS2/c12-10(5-6-13)9-7-14-11-4-2-1-3-8(9)11/h1-4,7,10,13H,5-6,12H2. The van der Waals surface area contributed by atoms with Gasteiger partial charge in [0.05, 0.1) is 0 Å². The first-order chi connectivity index (χ1) is 6.83. The van der Waals surface area contributed by atoms with Crippen LogP contribution in [-0.4, -0.2) is 5.75 Å². The van der Waals surface area contributed by atoms with Gasteiger partial charge in [-0.25, -0.2) is 0 Å². The Hall–Kier alpha value is -0.510. The van der Waals surface area contributed by atoms with Crippen molar-refractivity contribution >= 4 is 34.1 Å². The first kappa shape index (κ1) is 10.0. The minimum atomic E-state index is 0.128. The van der Waals surface area contributed by atoms with E-state index < -0.39 is 0 Å². The SMILES string of the molecule is NC(CCS)c1csc2ccccc12. The van der Waals surface area contributed by atoms with Gasteiger partial charge in [-0.3, -0.25) is 0 Å². The number of hydrogen-bond donors (Lipinski definition) is 2. The van der Waals surface area contributed by atoms with Crippen molar-refractivity contribution in [1.29, 1.82) is 0 Å². The molecule has 2 N–H and O–H groups in total. The molecule has 0 aliphatic heterocycles. The molecule has 0 aliphatic carbocycles. The number of thiol groups is 1. The summed E-state index contributed by atoms with van der Waals surface area (Å²) < 4.78 is 1.32. The molecule has 74 valence electrons. The van der Waals surface area contributed by atoms with Crippen LogP contribution in [0.3, 0.4) is 0 Å². The van der Waals surface area contributed by atoms with Gasteiger partial charge in [-0.1, -0.05) is 18.2 Å². The quantitative estimate of drug-likeness (QED) is 0.768. The van der Waals surface area contributed by atoms with E-state index in [1.54, 1.807) is 11.3 Å². The van der Waals surface area contributed by atoms with E-state index in [1.165, 1.54) is 15.6 Å². The summed E-state index contributed by atoms with van der Waals surface area (Å²) in [5.74, 6) is 0.839. The average molecular weight is 223 g/mol. The number of rotatable bonds is 3. The Kier molecular flexibility index (Phi) is 3.11. The Morgan fingerprint density at radius 3 is 2.93 bits per heavy atom. The van der Waals surface area contributed by atoms with E-state index in [4.69, 9.17) is 5.73 Å². The fraction of sp³-hybridized carbons (Fsp3) is 0.273. The average Bonchev–Trinajstić information content (AvgIpc) is 2.61. The third kappa shape index (κ3) is 1.80. The molecule has 0 amide bonds. The fourth-order valence-corrected chi connectivity index (χ4v) is 2.88. The highest BCUT2D eigenvalue weighted by Crippen LogP contribution is 2.30. The van der Waals surface area contributed by atoms with Gasteiger partial charge in [-0.2, -0.15) is 12.6 Å². The summed E-state index contributed by atoms with van der Waals surface area (Å²) in [6.45, 7) is 0. The molecule has 0 spiro atoms. The van der Waals surface area contributed by atoms with Crippen LogP contribution in [0.4, 0.5) is 0 Å². The summed E-state index contributed by atoms with van der Waals surface area (Å²) in [6.07, 6.45) is 0.934. The molecule has 1 atom stereocenters. The van der Waals surface area contributed by atoms with Crippen molar-refractivity contribution in [2.75, 3.05) is 5.75 Å². The number of benzene rings is 1. The molecule has 1 aromatic heterocycles. The van der Waals surface area contributed by atoms with Gasteiger partial charge in [0.1, 0.15) is 0 Å². The highest BCUT2D eigenvalue weighted by Gasteiger charge is 2.10. The number of nitrogens with two attached hydrogens (primary N) is 1. The molecule has 0 fully saturated rings. The van der Waals surface area contributed by atoms with Crippen LogP contribution in [0.5, 0.6) is 0 Å². The van der Waals surface area contributed by atoms with Gasteiger partial charge in [-0.05, 0) is 34.6 Å². The van der Waals surface area contributed by atoms with Gasteiger partial charge < -0.3 is 5.73 Å². The molecule has 1 unspecified atom stereocenters. The number of thiophene rings is 1. The van der Waals surface area contributed by atoms with Crippen LogP contribution in [0.1, 0.15) is 18.0 Å². The molecule has 1 aromatic carbocycles. The molecular weight excluding hydrogens is 210 g/mol. The van der Waals surface area contributed by atoms with Crippen LogP contribution < -0.4 is 5.73 Å². The van der Waals surface area contributed by atoms with Crippen molar-refractivity contribution in [3.05, 3.63) is 35.2 Å². The monoisotopic (exact) mass is 223 g/mol. The van der Waals surface area contributed by atoms with Gasteiger partial charge in [0, 0.05) is 10.7 Å². The van der Waals surface area contributed by atoms with Crippen LogP contribution >= 0.6 is 24.0 Å². The zero-order valence-corrected chi connectivity index (χ0v) is 9.52. The lowest BCUT2D eigenvalue weighted by Crippen LogP contribution is -2.09. The predicted molar refractivity (Wildman–Crippen MR) is 67.2 cm³/mol. The van der Waals surface area contributed by atoms with E-state index in [9.17, 15) is 0 Å². The van der Waals surface area contributed by atoms with E-state index in [0.717, 1.165) is 12.2 Å². The molecule has 0 saturated carbocycles. The van der Waals surface area contributed by atoms with Crippen molar-refractivity contribution in [2.24, 2.45) is 5.73 Å². The molecule has 1 heterocycles. The van der Waals surface area contributed by atoms with Crippen molar-refractivity contribution in [3.63, 3.8) is 0 Å². The van der Waals surface area contributed by atoms with Gasteiger partial charge in [0.25, 0.3) is 0 Å². The number of fused-ring (bicyclic) bond motifs is 1. The molecule has 0 aliphatic rings. The maximum atomic E-state index is 6.07. The summed E-state index contributed by atoms with van der Waals surface area (Å²) >= 11 is 5.97. The third-order valence-corrected chi connectivity index (χ3v) is 3.59. The Morgan fingerprint density at radius 2 is 2.14 bits per heavy atom. The summed E-state index contributed by atoms with van der Waals surface area (Å²) in [7, 11) is 0. The van der Waals surface area contributed by atoms with Crippen LogP contribution in [-0.2, 0) is 0 Å². The summed E-state index contributed by atoms with van der Waals surface area (Å²) in [4.78, 5) is 0. The van der Waals surface area contributed by atoms with Gasteiger partial charge in [-0.15, -0.1) is 11.3 Å². The normalized spacial score (nSPS) is 13.3. The van der Waals surface area contributed by atoms with Gasteiger partial charge in [0.15, 0.2) is 0 Å². The Bertz CT molecular complexity index is 422. The maximum absolute atomic E-state index is 6.07. The summed E-state index contributed by atoms with van der Waals surface area (Å²) in [6, 6.07) is 8.53. The summed E-state index contributed by atoms with van der Waals surface area (Å²) in [5.41, 5.74) is 7.34. The predicted octanol–water partition coefficient (Wildman–Crippen LogP) is 3.22. The molecular formula is C11H13NS2. The van der Waals surface area contributed by atoms with Crippen molar-refractivity contribution in [1.82, 2.24) is 0 Å². The van der Waals surface area contributed by atoms with E-state index >= 15 is 0 Å². The first-order valence-electron chi connectivity index (χ1n) is 4.65. The van der Waals surface area contributed by atoms with Crippen LogP contribution in [0.2, 0.25) is 0 Å². The second-order valence-electron chi connectivity index (χ2n) is 3.31. The Morgan fingerprint density at radius 1 is 1.36 bits per heavy atom. The zero-order valence-electron chi connectivity index (χ0n) is 7.81. The second-order valence-corrected chi connectivity index (χ2v) is 4.66. The van der Waals surface area contributed by atoms with Gasteiger partial charge in [0.2, 0.25) is 0 Å². The molecule has 3 heteroatoms. The van der Waals surface area contributed by atoms with Crippen molar-refractivity contribution in [2.45, 2.75) is 12.5 Å². The van der Waals surface area contributed by atoms with Crippen LogP contribution in [0.25, 0.3) is 10.1 Å². The highest BCUT2D eigenvalue weighted by molar-refractivity contribution is 7.80. The largest absolute Gasteiger partial charge is 0.324 e. The molecule has 0 radical (unpaired) electrons. The van der Waals surface area contributed by atoms with E-state index in [1.807, 2.05) is 0 Å². The van der Waals surface area contributed by atoms with Crippen LogP contribution in [0, 0.1) is 0 Å². The third-order valence-electron chi connectivity index (χ3n) is 2.35. The molecule has 0 saturated heterocycles. The smallest absolute Gasteiger partial charge is 0.0346 e. The van der Waals surface area contributed by atoms with E-state index in [-0.39, 0.29) is 6.04 Å².